The second-order valence-corrected chi connectivity index (χ2v) is 2.70. The molecular weight excluding hydrogens is 213 g/mol. The lowest BCUT2D eigenvalue weighted by atomic mass is 10.5. The van der Waals surface area contributed by atoms with Gasteiger partial charge in [-0.05, 0) is 0 Å². The van der Waals surface area contributed by atoms with E-state index in [1.165, 1.54) is 0 Å². The molecule has 0 fully saturated rings. The van der Waals surface area contributed by atoms with Crippen LogP contribution < -0.4 is 25.4 Å². The van der Waals surface area contributed by atoms with Crippen molar-refractivity contribution in [2.24, 2.45) is 11.5 Å². The topological polar surface area (TPSA) is 183 Å². The molecule has 0 saturated heterocycles. The average Bonchev–Trinajstić information content (AvgIpc) is 1.81. The highest BCUT2D eigenvalue weighted by Gasteiger charge is 2.45. The Balaban J connectivity index is 4.36. The van der Waals surface area contributed by atoms with Crippen molar-refractivity contribution in [3.8, 4) is 0 Å². The van der Waals surface area contributed by atoms with Crippen LogP contribution in [0.5, 0.6) is 0 Å². The summed E-state index contributed by atoms with van der Waals surface area (Å²) in [7, 11) is -4.95. The van der Waals surface area contributed by atoms with Gasteiger partial charge in [-0.3, -0.25) is 5.73 Å². The van der Waals surface area contributed by atoms with Gasteiger partial charge in [0.05, 0.1) is 16.8 Å². The maximum absolute atomic E-state index is 9.94. The highest BCUT2D eigenvalue weighted by Crippen LogP contribution is 2.08. The van der Waals surface area contributed by atoms with E-state index in [0.29, 0.717) is 0 Å². The summed E-state index contributed by atoms with van der Waals surface area (Å²) in [6, 6.07) is 0. The van der Waals surface area contributed by atoms with Gasteiger partial charge in [-0.15, -0.1) is 10.1 Å². The van der Waals surface area contributed by atoms with Gasteiger partial charge in [-0.25, -0.2) is 4.84 Å². The summed E-state index contributed by atoms with van der Waals surface area (Å²) in [5.41, 5.74) is 9.56. The maximum Gasteiger partial charge on any atom is 0.431 e. The first-order chi connectivity index (χ1) is 5.68. The van der Waals surface area contributed by atoms with Crippen LogP contribution in [-0.2, 0) is 9.13 Å². The third kappa shape index (κ3) is 5.48. The molecule has 10 nitrogen and oxygen atoms in total. The van der Waals surface area contributed by atoms with Crippen LogP contribution in [0.2, 0.25) is 0 Å². The average molecular weight is 220 g/mol. The summed E-state index contributed by atoms with van der Waals surface area (Å²) < 4.78 is 33.3. The Morgan fingerprint density at radius 3 is 2.15 bits per heavy atom. The summed E-state index contributed by atoms with van der Waals surface area (Å²) in [6.07, 6.45) is 0. The van der Waals surface area contributed by atoms with E-state index in [-0.39, 0.29) is 0 Å². The molecule has 1 unspecified atom stereocenters. The van der Waals surface area contributed by atoms with E-state index in [2.05, 4.69) is 9.13 Å². The summed E-state index contributed by atoms with van der Waals surface area (Å²) >= 11 is 0. The van der Waals surface area contributed by atoms with Crippen LogP contribution in [-0.4, -0.2) is 17.5 Å². The number of nitrogens with two attached hydrogens (primary N) is 2. The van der Waals surface area contributed by atoms with Gasteiger partial charge in [-0.1, -0.05) is 0 Å². The third-order valence-corrected chi connectivity index (χ3v) is 1.19. The van der Waals surface area contributed by atoms with E-state index in [0.717, 1.165) is 0 Å². The van der Waals surface area contributed by atoms with Gasteiger partial charge < -0.3 is 5.73 Å². The molecule has 0 rings (SSSR count). The molecule has 0 bridgehead atoms. The van der Waals surface area contributed by atoms with Gasteiger partial charge in [0.1, 0.15) is 4.29 Å². The number of nitrogens with zero attached hydrogens (tertiary/aromatic N) is 1. The predicted molar refractivity (Wildman–Crippen MR) is 25.1 cm³/mol. The number of rotatable bonds is 5. The highest BCUT2D eigenvalue weighted by molar-refractivity contribution is 4.55. The van der Waals surface area contributed by atoms with Crippen molar-refractivity contribution in [1.82, 2.24) is 0 Å². The van der Waals surface area contributed by atoms with E-state index in [4.69, 9.17) is 11.5 Å². The van der Waals surface area contributed by atoms with Crippen molar-refractivity contribution in [3.63, 3.8) is 0 Å². The van der Waals surface area contributed by atoms with Crippen molar-refractivity contribution < 1.29 is 38.4 Å². The standard InChI is InChI=1S/C2H6ClN3O7/c4-1-2(5,13-6(10)11)12-3(7,8)9/h1,4-5H2. The van der Waals surface area contributed by atoms with Crippen LogP contribution in [0.4, 0.5) is 0 Å². The molecular formula is C2H6ClN3O7. The molecule has 78 valence electrons. The molecule has 0 saturated carbocycles. The van der Waals surface area contributed by atoms with Gasteiger partial charge >= 0.3 is 5.91 Å². The fraction of sp³-hybridized carbons (Fsp3) is 1.00. The quantitative estimate of drug-likeness (QED) is 0.259. The zero-order chi connectivity index (χ0) is 10.7. The SMILES string of the molecule is NCC(N)(O[N+](=O)[O-])O[Cl+3]([O-])([O-])[O-]. The molecule has 0 aliphatic heterocycles. The highest BCUT2D eigenvalue weighted by atomic mass is 35.7. The third-order valence-electron chi connectivity index (χ3n) is 0.739. The molecule has 0 spiro atoms. The van der Waals surface area contributed by atoms with E-state index in [9.17, 15) is 24.1 Å². The lowest BCUT2D eigenvalue weighted by Gasteiger charge is -2.22. The minimum atomic E-state index is -4.95. The molecule has 0 aromatic carbocycles. The second-order valence-electron chi connectivity index (χ2n) is 1.79. The zero-order valence-electron chi connectivity index (χ0n) is 6.04. The molecule has 11 heteroatoms. The molecule has 0 aromatic rings. The van der Waals surface area contributed by atoms with Crippen LogP contribution in [0, 0.1) is 20.4 Å². The first-order valence-corrected chi connectivity index (χ1v) is 3.86. The molecule has 4 N–H and O–H groups in total. The van der Waals surface area contributed by atoms with E-state index < -0.39 is 27.8 Å². The second kappa shape index (κ2) is 3.97. The normalized spacial score (nSPS) is 16.4. The molecule has 1 atom stereocenters. The van der Waals surface area contributed by atoms with E-state index in [1.807, 2.05) is 0 Å². The molecule has 0 aliphatic rings. The van der Waals surface area contributed by atoms with Crippen LogP contribution >= 0.6 is 0 Å². The fourth-order valence-electron chi connectivity index (χ4n) is 0.369. The summed E-state index contributed by atoms with van der Waals surface area (Å²) in [4.78, 5) is 13.3. The van der Waals surface area contributed by atoms with Crippen LogP contribution in [0.3, 0.4) is 0 Å². The number of halogens is 1. The molecule has 13 heavy (non-hydrogen) atoms. The predicted octanol–water partition coefficient (Wildman–Crippen LogP) is -5.32. The molecule has 0 amide bonds. The Bertz CT molecular complexity index is 193. The van der Waals surface area contributed by atoms with Crippen molar-refractivity contribution >= 4 is 0 Å². The minimum absolute atomic E-state index is 0.886. The monoisotopic (exact) mass is 219 g/mol. The Morgan fingerprint density at radius 1 is 1.46 bits per heavy atom. The van der Waals surface area contributed by atoms with Crippen molar-refractivity contribution in [2.45, 2.75) is 5.91 Å². The number of hydrogen-bond donors (Lipinski definition) is 2. The smallest absolute Gasteiger partial charge is 0.324 e. The lowest BCUT2D eigenvalue weighted by molar-refractivity contribution is -1.92. The Labute approximate surface area is 73.5 Å². The fourth-order valence-corrected chi connectivity index (χ4v) is 0.780. The van der Waals surface area contributed by atoms with Gasteiger partial charge in [0.15, 0.2) is 0 Å². The summed E-state index contributed by atoms with van der Waals surface area (Å²) in [5, 5.41) is 8.29. The molecule has 0 heterocycles. The molecule has 0 aliphatic carbocycles. The van der Waals surface area contributed by atoms with Crippen molar-refractivity contribution in [3.05, 3.63) is 10.1 Å². The zero-order valence-corrected chi connectivity index (χ0v) is 6.80. The van der Waals surface area contributed by atoms with Gasteiger partial charge in [0.25, 0.3) is 5.09 Å². The summed E-state index contributed by atoms with van der Waals surface area (Å²) in [6.45, 7) is -0.886. The van der Waals surface area contributed by atoms with Crippen LogP contribution in [0.15, 0.2) is 0 Å². The largest absolute Gasteiger partial charge is 0.431 e. The minimum Gasteiger partial charge on any atom is -0.324 e. The first-order valence-electron chi connectivity index (χ1n) is 2.62. The molecule has 0 aromatic heterocycles. The Morgan fingerprint density at radius 2 is 1.92 bits per heavy atom. The van der Waals surface area contributed by atoms with Gasteiger partial charge in [0, 0.05) is 0 Å². The van der Waals surface area contributed by atoms with Crippen molar-refractivity contribution in [1.29, 1.82) is 0 Å². The van der Waals surface area contributed by atoms with E-state index >= 15 is 0 Å². The molecule has 0 radical (unpaired) electrons. The number of hydrogen-bond acceptors (Lipinski definition) is 9. The Hall–Kier alpha value is -0.750. The summed E-state index contributed by atoms with van der Waals surface area (Å²) in [5.74, 6) is -2.79. The van der Waals surface area contributed by atoms with Crippen molar-refractivity contribution in [2.75, 3.05) is 6.54 Å². The van der Waals surface area contributed by atoms with Gasteiger partial charge in [-0.2, -0.15) is 14.0 Å². The Kier molecular flexibility index (Phi) is 3.74. The van der Waals surface area contributed by atoms with Crippen LogP contribution in [0.1, 0.15) is 0 Å². The van der Waals surface area contributed by atoms with Crippen LogP contribution in [0.25, 0.3) is 0 Å². The van der Waals surface area contributed by atoms with Gasteiger partial charge in [0.2, 0.25) is 0 Å². The maximum atomic E-state index is 9.94. The van der Waals surface area contributed by atoms with E-state index in [1.54, 1.807) is 0 Å². The lowest BCUT2D eigenvalue weighted by Crippen LogP contribution is -2.68. The first kappa shape index (κ1) is 12.2.